The van der Waals surface area contributed by atoms with E-state index in [1.807, 2.05) is 19.4 Å². The van der Waals surface area contributed by atoms with E-state index in [-0.39, 0.29) is 12.1 Å². The zero-order chi connectivity index (χ0) is 12.4. The van der Waals surface area contributed by atoms with Crippen LogP contribution >= 0.6 is 0 Å². The van der Waals surface area contributed by atoms with Gasteiger partial charge < -0.3 is 5.11 Å². The molecule has 94 valence electrons. The number of rotatable bonds is 3. The molecule has 0 spiro atoms. The Morgan fingerprint density at radius 1 is 1.59 bits per heavy atom. The summed E-state index contributed by atoms with van der Waals surface area (Å²) in [7, 11) is 1.88. The molecule has 1 aliphatic rings. The SMILES string of the molecule is CC(c1cnn(C)c1)N1CCCCC1C(=O)O. The highest BCUT2D eigenvalue weighted by Gasteiger charge is 2.32. The summed E-state index contributed by atoms with van der Waals surface area (Å²) in [6, 6.07) is -0.232. The normalized spacial score (nSPS) is 23.5. The van der Waals surface area contributed by atoms with E-state index in [4.69, 9.17) is 0 Å². The largest absolute Gasteiger partial charge is 0.480 e. The molecule has 1 aliphatic heterocycles. The first-order chi connectivity index (χ1) is 8.09. The zero-order valence-electron chi connectivity index (χ0n) is 10.3. The van der Waals surface area contributed by atoms with E-state index in [1.165, 1.54) is 0 Å². The summed E-state index contributed by atoms with van der Waals surface area (Å²) in [4.78, 5) is 13.3. The number of piperidine rings is 1. The van der Waals surface area contributed by atoms with E-state index in [1.54, 1.807) is 4.68 Å². The van der Waals surface area contributed by atoms with Crippen LogP contribution in [0.2, 0.25) is 0 Å². The van der Waals surface area contributed by atoms with Crippen molar-refractivity contribution < 1.29 is 9.90 Å². The Bertz CT molecular complexity index is 402. The fourth-order valence-electron chi connectivity index (χ4n) is 2.53. The number of carboxylic acid groups (broad SMARTS) is 1. The number of nitrogens with zero attached hydrogens (tertiary/aromatic N) is 3. The van der Waals surface area contributed by atoms with Gasteiger partial charge in [-0.05, 0) is 26.3 Å². The number of aliphatic carboxylic acids is 1. The first kappa shape index (κ1) is 12.1. The minimum Gasteiger partial charge on any atom is -0.480 e. The first-order valence-electron chi connectivity index (χ1n) is 6.06. The molecule has 1 aromatic rings. The van der Waals surface area contributed by atoms with Crippen LogP contribution in [-0.4, -0.2) is 38.3 Å². The van der Waals surface area contributed by atoms with Crippen molar-refractivity contribution in [3.63, 3.8) is 0 Å². The van der Waals surface area contributed by atoms with Crippen LogP contribution in [-0.2, 0) is 11.8 Å². The number of hydrogen-bond acceptors (Lipinski definition) is 3. The van der Waals surface area contributed by atoms with Crippen molar-refractivity contribution in [3.05, 3.63) is 18.0 Å². The lowest BCUT2D eigenvalue weighted by Gasteiger charge is -2.37. The van der Waals surface area contributed by atoms with Gasteiger partial charge in [0, 0.05) is 24.8 Å². The predicted molar refractivity (Wildman–Crippen MR) is 63.6 cm³/mol. The molecule has 5 heteroatoms. The summed E-state index contributed by atoms with van der Waals surface area (Å²) in [5, 5.41) is 13.4. The average molecular weight is 237 g/mol. The molecule has 0 aliphatic carbocycles. The second kappa shape index (κ2) is 4.87. The number of hydrogen-bond donors (Lipinski definition) is 1. The molecular formula is C12H19N3O2. The summed E-state index contributed by atoms with van der Waals surface area (Å²) in [6.45, 7) is 2.91. The lowest BCUT2D eigenvalue weighted by molar-refractivity contribution is -0.145. The summed E-state index contributed by atoms with van der Waals surface area (Å²) in [6.07, 6.45) is 6.61. The maximum absolute atomic E-state index is 11.2. The lowest BCUT2D eigenvalue weighted by Crippen LogP contribution is -2.45. The highest BCUT2D eigenvalue weighted by molar-refractivity contribution is 5.73. The Balaban J connectivity index is 2.16. The second-order valence-electron chi connectivity index (χ2n) is 4.71. The molecule has 0 amide bonds. The minimum absolute atomic E-state index is 0.116. The van der Waals surface area contributed by atoms with Gasteiger partial charge in [0.1, 0.15) is 6.04 Å². The fourth-order valence-corrected chi connectivity index (χ4v) is 2.53. The zero-order valence-corrected chi connectivity index (χ0v) is 10.3. The van der Waals surface area contributed by atoms with E-state index in [0.717, 1.165) is 31.4 Å². The van der Waals surface area contributed by atoms with Gasteiger partial charge in [0.15, 0.2) is 0 Å². The second-order valence-corrected chi connectivity index (χ2v) is 4.71. The Morgan fingerprint density at radius 3 is 2.94 bits per heavy atom. The molecule has 2 heterocycles. The summed E-state index contributed by atoms with van der Waals surface area (Å²) in [5.74, 6) is -0.708. The van der Waals surface area contributed by atoms with E-state index in [9.17, 15) is 9.90 Å². The Hall–Kier alpha value is -1.36. The molecule has 1 N–H and O–H groups in total. The van der Waals surface area contributed by atoms with Gasteiger partial charge in [-0.2, -0.15) is 5.10 Å². The third kappa shape index (κ3) is 2.49. The van der Waals surface area contributed by atoms with Gasteiger partial charge in [-0.15, -0.1) is 0 Å². The van der Waals surface area contributed by atoms with Crippen LogP contribution in [0.25, 0.3) is 0 Å². The topological polar surface area (TPSA) is 58.4 Å². The highest BCUT2D eigenvalue weighted by Crippen LogP contribution is 2.28. The van der Waals surface area contributed by atoms with E-state index < -0.39 is 5.97 Å². The fraction of sp³-hybridized carbons (Fsp3) is 0.667. The monoisotopic (exact) mass is 237 g/mol. The van der Waals surface area contributed by atoms with Crippen molar-refractivity contribution in [1.82, 2.24) is 14.7 Å². The number of likely N-dealkylation sites (tertiary alicyclic amines) is 1. The van der Waals surface area contributed by atoms with Crippen LogP contribution in [0.15, 0.2) is 12.4 Å². The molecule has 2 atom stereocenters. The maximum atomic E-state index is 11.2. The molecule has 17 heavy (non-hydrogen) atoms. The molecule has 2 unspecified atom stereocenters. The standard InChI is InChI=1S/C12H19N3O2/c1-9(10-7-13-14(2)8-10)15-6-4-3-5-11(15)12(16)17/h7-9,11H,3-6H2,1-2H3,(H,16,17). The van der Waals surface area contributed by atoms with Crippen LogP contribution in [0.5, 0.6) is 0 Å². The first-order valence-corrected chi connectivity index (χ1v) is 6.06. The van der Waals surface area contributed by atoms with Crippen molar-refractivity contribution in [2.45, 2.75) is 38.3 Å². The van der Waals surface area contributed by atoms with Crippen molar-refractivity contribution >= 4 is 5.97 Å². The summed E-state index contributed by atoms with van der Waals surface area (Å²) >= 11 is 0. The summed E-state index contributed by atoms with van der Waals surface area (Å²) in [5.41, 5.74) is 1.08. The van der Waals surface area contributed by atoms with E-state index in [0.29, 0.717) is 0 Å². The van der Waals surface area contributed by atoms with Crippen LogP contribution in [0.1, 0.15) is 37.8 Å². The van der Waals surface area contributed by atoms with E-state index in [2.05, 4.69) is 16.9 Å². The molecule has 0 aromatic carbocycles. The molecule has 0 saturated carbocycles. The van der Waals surface area contributed by atoms with Crippen molar-refractivity contribution in [2.75, 3.05) is 6.54 Å². The van der Waals surface area contributed by atoms with Gasteiger partial charge in [0.25, 0.3) is 0 Å². The third-order valence-electron chi connectivity index (χ3n) is 3.53. The molecule has 2 rings (SSSR count). The van der Waals surface area contributed by atoms with Crippen molar-refractivity contribution in [2.24, 2.45) is 7.05 Å². The molecular weight excluding hydrogens is 218 g/mol. The third-order valence-corrected chi connectivity index (χ3v) is 3.53. The minimum atomic E-state index is -0.708. The predicted octanol–water partition coefficient (Wildman–Crippen LogP) is 1.42. The van der Waals surface area contributed by atoms with Crippen LogP contribution in [0.4, 0.5) is 0 Å². The van der Waals surface area contributed by atoms with Gasteiger partial charge in [0.2, 0.25) is 0 Å². The van der Waals surface area contributed by atoms with Gasteiger partial charge in [-0.3, -0.25) is 14.4 Å². The van der Waals surface area contributed by atoms with E-state index >= 15 is 0 Å². The summed E-state index contributed by atoms with van der Waals surface area (Å²) < 4.78 is 1.76. The van der Waals surface area contributed by atoms with Crippen LogP contribution < -0.4 is 0 Å². The number of aryl methyl sites for hydroxylation is 1. The van der Waals surface area contributed by atoms with Gasteiger partial charge >= 0.3 is 5.97 Å². The van der Waals surface area contributed by atoms with Crippen LogP contribution in [0, 0.1) is 0 Å². The Labute approximate surface area is 101 Å². The number of carbonyl (C=O) groups is 1. The van der Waals surface area contributed by atoms with Gasteiger partial charge in [-0.1, -0.05) is 6.42 Å². The number of aromatic nitrogens is 2. The van der Waals surface area contributed by atoms with Crippen molar-refractivity contribution in [3.8, 4) is 0 Å². The Kier molecular flexibility index (Phi) is 3.47. The van der Waals surface area contributed by atoms with Crippen molar-refractivity contribution in [1.29, 1.82) is 0 Å². The maximum Gasteiger partial charge on any atom is 0.320 e. The Morgan fingerprint density at radius 2 is 2.35 bits per heavy atom. The lowest BCUT2D eigenvalue weighted by atomic mass is 9.98. The molecule has 0 radical (unpaired) electrons. The molecule has 1 fully saturated rings. The molecule has 5 nitrogen and oxygen atoms in total. The van der Waals surface area contributed by atoms with Crippen LogP contribution in [0.3, 0.4) is 0 Å². The average Bonchev–Trinajstić information content (AvgIpc) is 2.75. The quantitative estimate of drug-likeness (QED) is 0.863. The molecule has 1 saturated heterocycles. The van der Waals surface area contributed by atoms with Gasteiger partial charge in [0.05, 0.1) is 6.20 Å². The molecule has 0 bridgehead atoms. The highest BCUT2D eigenvalue weighted by atomic mass is 16.4. The van der Waals surface area contributed by atoms with Gasteiger partial charge in [-0.25, -0.2) is 0 Å². The smallest absolute Gasteiger partial charge is 0.320 e. The number of carboxylic acids is 1. The molecule has 1 aromatic heterocycles.